The van der Waals surface area contributed by atoms with Gasteiger partial charge in [-0.05, 0) is 25.0 Å². The summed E-state index contributed by atoms with van der Waals surface area (Å²) < 4.78 is 32.3. The molecule has 0 aliphatic carbocycles. The van der Waals surface area contributed by atoms with E-state index in [9.17, 15) is 14.4 Å². The molecule has 35 heavy (non-hydrogen) atoms. The van der Waals surface area contributed by atoms with Gasteiger partial charge in [0.25, 0.3) is 0 Å². The number of aliphatic imine (C=N–C) groups is 1. The smallest absolute Gasteiger partial charge is 0.417 e. The highest BCUT2D eigenvalue weighted by Crippen LogP contribution is 2.52. The Hall–Kier alpha value is -4.25. The number of carbonyl (C=O) groups is 3. The Morgan fingerprint density at radius 1 is 1.29 bits per heavy atom. The standard InChI is InChI=1S/C21H16FN7O6/c1-7-5-28-12-8(3-21-14(28)16(33-7)24-17(21)25-19(31)26-18(21)30)2-10-13(11(12)22)35-27-15(10)29-6-9(4-23)34-20(29)32/h2,7,9,14,16H,3,5-6H2,1H3,(H2,24,25,26,30,31)/t7-,9+,14-,16-,21?/m1/s1. The van der Waals surface area contributed by atoms with Crippen molar-refractivity contribution in [2.75, 3.05) is 22.9 Å². The second kappa shape index (κ2) is 6.45. The molecule has 1 spiro atoms. The first-order valence-corrected chi connectivity index (χ1v) is 10.9. The van der Waals surface area contributed by atoms with E-state index in [1.54, 1.807) is 11.0 Å². The number of fused-ring (bicyclic) bond motifs is 3. The van der Waals surface area contributed by atoms with Crippen LogP contribution in [0.2, 0.25) is 0 Å². The van der Waals surface area contributed by atoms with Crippen LogP contribution in [0, 0.1) is 22.6 Å². The molecule has 1 unspecified atom stereocenters. The van der Waals surface area contributed by atoms with Crippen molar-refractivity contribution in [1.82, 2.24) is 15.8 Å². The minimum Gasteiger partial charge on any atom is -0.428 e. The lowest BCUT2D eigenvalue weighted by atomic mass is 9.69. The first-order chi connectivity index (χ1) is 16.8. The summed E-state index contributed by atoms with van der Waals surface area (Å²) in [6.07, 6.45) is -2.90. The summed E-state index contributed by atoms with van der Waals surface area (Å²) in [6.45, 7) is 1.99. The molecule has 4 amide bonds. The number of amides is 4. The Balaban J connectivity index is 1.43. The van der Waals surface area contributed by atoms with Crippen LogP contribution in [-0.4, -0.2) is 66.6 Å². The molecule has 1 aromatic heterocycles. The molecule has 0 radical (unpaired) electrons. The van der Waals surface area contributed by atoms with E-state index >= 15 is 4.39 Å². The van der Waals surface area contributed by atoms with Crippen molar-refractivity contribution in [2.24, 2.45) is 10.4 Å². The van der Waals surface area contributed by atoms with Crippen molar-refractivity contribution in [3.05, 3.63) is 17.4 Å². The van der Waals surface area contributed by atoms with Crippen LogP contribution >= 0.6 is 0 Å². The highest BCUT2D eigenvalue weighted by atomic mass is 19.1. The number of rotatable bonds is 1. The Morgan fingerprint density at radius 2 is 2.11 bits per heavy atom. The molecule has 0 bridgehead atoms. The number of aromatic nitrogens is 1. The number of carbonyl (C=O) groups excluding carboxylic acids is 3. The van der Waals surface area contributed by atoms with E-state index in [0.717, 1.165) is 4.90 Å². The minimum atomic E-state index is -1.30. The monoisotopic (exact) mass is 481 g/mol. The SMILES string of the molecule is C[C@@H]1CN2c3c(cc4c(N5C[C@H](C#N)OC5=O)noc4c3F)CC34C(=O)NC(=O)NC3=N[C@H](O1)[C@@H]24. The molecule has 0 saturated carbocycles. The number of benzene rings is 1. The largest absolute Gasteiger partial charge is 0.428 e. The van der Waals surface area contributed by atoms with Gasteiger partial charge in [0.05, 0.1) is 29.8 Å². The molecule has 1 aromatic carbocycles. The van der Waals surface area contributed by atoms with Crippen LogP contribution in [-0.2, 0) is 20.7 Å². The van der Waals surface area contributed by atoms with Crippen molar-refractivity contribution in [2.45, 2.75) is 37.8 Å². The average molecular weight is 481 g/mol. The van der Waals surface area contributed by atoms with Crippen LogP contribution in [0.3, 0.4) is 0 Å². The predicted octanol–water partition coefficient (Wildman–Crippen LogP) is 0.529. The van der Waals surface area contributed by atoms with Crippen LogP contribution in [0.1, 0.15) is 12.5 Å². The summed E-state index contributed by atoms with van der Waals surface area (Å²) in [6, 6.07) is 2.11. The highest BCUT2D eigenvalue weighted by Gasteiger charge is 2.66. The first kappa shape index (κ1) is 20.2. The predicted molar refractivity (Wildman–Crippen MR) is 113 cm³/mol. The lowest BCUT2D eigenvalue weighted by molar-refractivity contribution is -0.131. The maximum Gasteiger partial charge on any atom is 0.417 e. The normalized spacial score (nSPS) is 32.8. The number of halogens is 1. The van der Waals surface area contributed by atoms with Crippen molar-refractivity contribution < 1.29 is 32.8 Å². The van der Waals surface area contributed by atoms with Gasteiger partial charge in [-0.1, -0.05) is 5.16 Å². The number of imide groups is 1. The summed E-state index contributed by atoms with van der Waals surface area (Å²) >= 11 is 0. The molecule has 2 aromatic rings. The van der Waals surface area contributed by atoms with E-state index in [4.69, 9.17) is 19.3 Å². The molecule has 5 aliphatic heterocycles. The first-order valence-electron chi connectivity index (χ1n) is 10.9. The Bertz CT molecular complexity index is 1450. The molecule has 3 saturated heterocycles. The summed E-state index contributed by atoms with van der Waals surface area (Å²) in [5, 5.41) is 18.1. The van der Waals surface area contributed by atoms with Crippen LogP contribution in [0.4, 0.5) is 25.5 Å². The van der Waals surface area contributed by atoms with Crippen molar-refractivity contribution in [1.29, 1.82) is 5.26 Å². The lowest BCUT2D eigenvalue weighted by Crippen LogP contribution is -2.72. The van der Waals surface area contributed by atoms with Gasteiger partial charge >= 0.3 is 12.1 Å². The fourth-order valence-electron chi connectivity index (χ4n) is 5.84. The van der Waals surface area contributed by atoms with Gasteiger partial charge in [-0.25, -0.2) is 19.0 Å². The van der Waals surface area contributed by atoms with Gasteiger partial charge < -0.3 is 18.9 Å². The molecule has 2 N–H and O–H groups in total. The average Bonchev–Trinajstić information content (AvgIpc) is 3.48. The van der Waals surface area contributed by atoms with E-state index in [1.807, 2.05) is 13.0 Å². The number of hydrogen-bond donors (Lipinski definition) is 2. The maximum absolute atomic E-state index is 16.0. The number of nitrogens with one attached hydrogen (secondary N) is 2. The van der Waals surface area contributed by atoms with E-state index in [2.05, 4.69) is 20.8 Å². The second-order valence-corrected chi connectivity index (χ2v) is 9.16. The molecular formula is C21H16FN7O6. The third kappa shape index (κ3) is 2.40. The molecule has 3 fully saturated rings. The number of anilines is 2. The van der Waals surface area contributed by atoms with E-state index in [-0.39, 0.29) is 53.9 Å². The molecule has 6 heterocycles. The quantitative estimate of drug-likeness (QED) is 0.591. The molecule has 14 heteroatoms. The lowest BCUT2D eigenvalue weighted by Gasteiger charge is -2.52. The van der Waals surface area contributed by atoms with E-state index in [1.165, 1.54) is 0 Å². The number of ether oxygens (including phenoxy) is 2. The summed E-state index contributed by atoms with van der Waals surface area (Å²) in [4.78, 5) is 45.0. The Morgan fingerprint density at radius 3 is 2.89 bits per heavy atom. The Kier molecular flexibility index (Phi) is 3.71. The summed E-state index contributed by atoms with van der Waals surface area (Å²) in [7, 11) is 0. The zero-order chi connectivity index (χ0) is 24.2. The molecule has 5 atom stereocenters. The van der Waals surface area contributed by atoms with Crippen molar-refractivity contribution in [3.63, 3.8) is 0 Å². The topological polar surface area (TPSA) is 162 Å². The van der Waals surface area contributed by atoms with Gasteiger partial charge in [-0.2, -0.15) is 5.26 Å². The third-order valence-corrected chi connectivity index (χ3v) is 7.19. The van der Waals surface area contributed by atoms with Crippen LogP contribution < -0.4 is 20.4 Å². The van der Waals surface area contributed by atoms with Crippen molar-refractivity contribution in [3.8, 4) is 6.07 Å². The van der Waals surface area contributed by atoms with Gasteiger partial charge in [-0.3, -0.25) is 20.3 Å². The zero-order valence-electron chi connectivity index (χ0n) is 18.1. The van der Waals surface area contributed by atoms with Crippen LogP contribution in [0.5, 0.6) is 0 Å². The maximum atomic E-state index is 16.0. The fraction of sp³-hybridized carbons (Fsp3) is 0.429. The van der Waals surface area contributed by atoms with Gasteiger partial charge in [-0.15, -0.1) is 0 Å². The second-order valence-electron chi connectivity index (χ2n) is 9.16. The van der Waals surface area contributed by atoms with Crippen molar-refractivity contribution >= 4 is 46.3 Å². The van der Waals surface area contributed by atoms with Gasteiger partial charge in [0.15, 0.2) is 17.9 Å². The van der Waals surface area contributed by atoms with E-state index < -0.39 is 47.6 Å². The number of morpholine rings is 1. The van der Waals surface area contributed by atoms with Crippen LogP contribution in [0.15, 0.2) is 15.6 Å². The number of cyclic esters (lactones) is 1. The Labute approximate surface area is 195 Å². The number of hydrogen-bond acceptors (Lipinski definition) is 10. The molecule has 13 nitrogen and oxygen atoms in total. The van der Waals surface area contributed by atoms with E-state index in [0.29, 0.717) is 5.56 Å². The highest BCUT2D eigenvalue weighted by molar-refractivity contribution is 6.23. The summed E-state index contributed by atoms with van der Waals surface area (Å²) in [5.41, 5.74) is -0.786. The van der Waals surface area contributed by atoms with Gasteiger partial charge in [0.2, 0.25) is 17.6 Å². The fourth-order valence-corrected chi connectivity index (χ4v) is 5.84. The number of nitrogens with zero attached hydrogens (tertiary/aromatic N) is 5. The van der Waals surface area contributed by atoms with Crippen LogP contribution in [0.25, 0.3) is 11.0 Å². The molecule has 7 rings (SSSR count). The number of nitriles is 1. The van der Waals surface area contributed by atoms with Gasteiger partial charge in [0, 0.05) is 6.54 Å². The van der Waals surface area contributed by atoms with Gasteiger partial charge in [0.1, 0.15) is 17.3 Å². The molecular weight excluding hydrogens is 465 g/mol. The zero-order valence-corrected chi connectivity index (χ0v) is 18.1. The minimum absolute atomic E-state index is 0.0130. The summed E-state index contributed by atoms with van der Waals surface area (Å²) in [5.74, 6) is -1.06. The molecule has 178 valence electrons. The number of urea groups is 1. The third-order valence-electron chi connectivity index (χ3n) is 7.19. The molecule has 5 aliphatic rings. The number of amidine groups is 1.